The Morgan fingerprint density at radius 2 is 1.61 bits per heavy atom. The van der Waals surface area contributed by atoms with Gasteiger partial charge in [-0.3, -0.25) is 9.59 Å². The first-order valence-electron chi connectivity index (χ1n) is 14.3. The van der Waals surface area contributed by atoms with E-state index in [9.17, 15) is 14.4 Å². The van der Waals surface area contributed by atoms with Crippen LogP contribution in [0.25, 0.3) is 0 Å². The molecule has 0 aliphatic heterocycles. The van der Waals surface area contributed by atoms with E-state index in [1.165, 1.54) is 0 Å². The Hall–Kier alpha value is -3.20. The number of aryl methyl sites for hydroxylation is 2. The number of ether oxygens (including phenoxy) is 2. The van der Waals surface area contributed by atoms with Crippen LogP contribution in [0.1, 0.15) is 82.5 Å². The first-order chi connectivity index (χ1) is 19.4. The fourth-order valence-corrected chi connectivity index (χ4v) is 4.63. The Labute approximate surface area is 251 Å². The number of benzene rings is 2. The van der Waals surface area contributed by atoms with Crippen LogP contribution in [0.3, 0.4) is 0 Å². The highest BCUT2D eigenvalue weighted by Crippen LogP contribution is 2.27. The molecule has 0 bridgehead atoms. The van der Waals surface area contributed by atoms with Gasteiger partial charge in [0, 0.05) is 18.0 Å². The van der Waals surface area contributed by atoms with Crippen LogP contribution in [0.2, 0.25) is 0 Å². The number of methoxy groups -OCH3 is 1. The normalized spacial score (nSPS) is 12.7. The van der Waals surface area contributed by atoms with Gasteiger partial charge in [0.05, 0.1) is 7.11 Å². The molecule has 0 aliphatic rings. The largest absolute Gasteiger partial charge is 0.497 e. The molecule has 0 aliphatic carbocycles. The fourth-order valence-electron chi connectivity index (χ4n) is 4.38. The SMILES string of the molecule is CCCCCCCN(C(=O)C(CS)NC(=O)OC(C)(C)C)C(C(=O)Nc1ccc(OC)cc1)c1ccc(C)c(C)c1. The first kappa shape index (κ1) is 34.0. The van der Waals surface area contributed by atoms with Crippen LogP contribution in [0.5, 0.6) is 5.75 Å². The highest BCUT2D eigenvalue weighted by molar-refractivity contribution is 7.80. The molecule has 2 N–H and O–H groups in total. The molecular weight excluding hydrogens is 538 g/mol. The van der Waals surface area contributed by atoms with Crippen molar-refractivity contribution in [3.8, 4) is 5.75 Å². The zero-order valence-corrected chi connectivity index (χ0v) is 26.5. The summed E-state index contributed by atoms with van der Waals surface area (Å²) in [6, 6.07) is 10.9. The van der Waals surface area contributed by atoms with E-state index in [1.807, 2.05) is 32.0 Å². The van der Waals surface area contributed by atoms with Crippen LogP contribution >= 0.6 is 12.6 Å². The maximum atomic E-state index is 14.1. The van der Waals surface area contributed by atoms with Gasteiger partial charge < -0.3 is 25.0 Å². The van der Waals surface area contributed by atoms with Crippen LogP contribution in [0.15, 0.2) is 42.5 Å². The Balaban J connectivity index is 2.49. The van der Waals surface area contributed by atoms with Crippen molar-refractivity contribution in [2.75, 3.05) is 24.7 Å². The number of nitrogens with zero attached hydrogens (tertiary/aromatic N) is 1. The second-order valence-corrected chi connectivity index (χ2v) is 11.7. The van der Waals surface area contributed by atoms with Crippen molar-refractivity contribution in [3.63, 3.8) is 0 Å². The second kappa shape index (κ2) is 16.3. The van der Waals surface area contributed by atoms with Gasteiger partial charge in [-0.1, -0.05) is 50.8 Å². The minimum absolute atomic E-state index is 0.0458. The van der Waals surface area contributed by atoms with Gasteiger partial charge in [0.2, 0.25) is 5.91 Å². The Morgan fingerprint density at radius 1 is 0.951 bits per heavy atom. The predicted molar refractivity (Wildman–Crippen MR) is 168 cm³/mol. The quantitative estimate of drug-likeness (QED) is 0.171. The standard InChI is InChI=1S/C32H47N3O5S/c1-8-9-10-11-12-19-35(30(37)27(21-41)34-31(38)40-32(4,5)6)28(24-14-13-22(2)23(3)20-24)29(36)33-25-15-17-26(39-7)18-16-25/h13-18,20,27-28,41H,8-12,19,21H2,1-7H3,(H,33,36)(H,34,38). The predicted octanol–water partition coefficient (Wildman–Crippen LogP) is 6.61. The van der Waals surface area contributed by atoms with Gasteiger partial charge in [0.1, 0.15) is 23.4 Å². The number of amides is 3. The van der Waals surface area contributed by atoms with Crippen LogP contribution < -0.4 is 15.4 Å². The molecule has 0 spiro atoms. The van der Waals surface area contributed by atoms with Crippen molar-refractivity contribution < 1.29 is 23.9 Å². The average molecular weight is 586 g/mol. The van der Waals surface area contributed by atoms with Crippen molar-refractivity contribution in [1.29, 1.82) is 0 Å². The Kier molecular flexibility index (Phi) is 13.5. The average Bonchev–Trinajstić information content (AvgIpc) is 2.91. The number of anilines is 1. The highest BCUT2D eigenvalue weighted by atomic mass is 32.1. The number of nitrogens with one attached hydrogen (secondary N) is 2. The fraction of sp³-hybridized carbons (Fsp3) is 0.531. The third-order valence-electron chi connectivity index (χ3n) is 6.72. The molecule has 41 heavy (non-hydrogen) atoms. The summed E-state index contributed by atoms with van der Waals surface area (Å²) in [5.41, 5.74) is 2.64. The number of carbonyl (C=O) groups is 3. The summed E-state index contributed by atoms with van der Waals surface area (Å²) in [7, 11) is 1.58. The third-order valence-corrected chi connectivity index (χ3v) is 7.09. The zero-order chi connectivity index (χ0) is 30.6. The van der Waals surface area contributed by atoms with Crippen molar-refractivity contribution >= 4 is 36.2 Å². The Bertz CT molecular complexity index is 1150. The summed E-state index contributed by atoms with van der Waals surface area (Å²) < 4.78 is 10.6. The summed E-state index contributed by atoms with van der Waals surface area (Å²) in [5.74, 6) is -0.0307. The molecule has 0 saturated carbocycles. The van der Waals surface area contributed by atoms with Crippen molar-refractivity contribution in [3.05, 3.63) is 59.2 Å². The molecule has 9 heteroatoms. The van der Waals surface area contributed by atoms with Gasteiger partial charge >= 0.3 is 6.09 Å². The number of alkyl carbamates (subject to hydrolysis) is 1. The molecule has 2 aromatic rings. The van der Waals surface area contributed by atoms with E-state index in [0.29, 0.717) is 30.0 Å². The summed E-state index contributed by atoms with van der Waals surface area (Å²) >= 11 is 4.38. The van der Waals surface area contributed by atoms with Crippen molar-refractivity contribution in [1.82, 2.24) is 10.2 Å². The Morgan fingerprint density at radius 3 is 2.17 bits per heavy atom. The molecule has 2 rings (SSSR count). The molecule has 226 valence electrons. The van der Waals surface area contributed by atoms with Crippen LogP contribution in [0, 0.1) is 13.8 Å². The summed E-state index contributed by atoms with van der Waals surface area (Å²) in [5, 5.41) is 5.65. The van der Waals surface area contributed by atoms with Gasteiger partial charge in [0.15, 0.2) is 0 Å². The summed E-state index contributed by atoms with van der Waals surface area (Å²) in [6.45, 7) is 11.7. The molecule has 0 heterocycles. The maximum absolute atomic E-state index is 14.1. The van der Waals surface area contributed by atoms with Gasteiger partial charge in [-0.2, -0.15) is 12.6 Å². The van der Waals surface area contributed by atoms with E-state index >= 15 is 0 Å². The number of hydrogen-bond donors (Lipinski definition) is 3. The topological polar surface area (TPSA) is 97.0 Å². The molecule has 2 atom stereocenters. The maximum Gasteiger partial charge on any atom is 0.408 e. The van der Waals surface area contributed by atoms with E-state index in [1.54, 1.807) is 57.0 Å². The molecule has 3 amide bonds. The molecule has 0 aromatic heterocycles. The molecule has 0 fully saturated rings. The monoisotopic (exact) mass is 585 g/mol. The number of carbonyl (C=O) groups excluding carboxylic acids is 3. The number of unbranched alkanes of at least 4 members (excludes halogenated alkanes) is 4. The van der Waals surface area contributed by atoms with Crippen LogP contribution in [-0.2, 0) is 14.3 Å². The molecule has 2 unspecified atom stereocenters. The van der Waals surface area contributed by atoms with Crippen LogP contribution in [-0.4, -0.2) is 53.9 Å². The van der Waals surface area contributed by atoms with Gasteiger partial charge in [-0.05, 0) is 82.0 Å². The minimum Gasteiger partial charge on any atom is -0.497 e. The van der Waals surface area contributed by atoms with Gasteiger partial charge in [0.25, 0.3) is 5.91 Å². The lowest BCUT2D eigenvalue weighted by molar-refractivity contribution is -0.140. The summed E-state index contributed by atoms with van der Waals surface area (Å²) in [4.78, 5) is 42.3. The number of rotatable bonds is 14. The number of thiol groups is 1. The zero-order valence-electron chi connectivity index (χ0n) is 25.6. The molecule has 2 aromatic carbocycles. The summed E-state index contributed by atoms with van der Waals surface area (Å²) in [6.07, 6.45) is 4.16. The van der Waals surface area contributed by atoms with E-state index in [0.717, 1.165) is 36.8 Å². The molecule has 8 nitrogen and oxygen atoms in total. The molecular formula is C32H47N3O5S. The minimum atomic E-state index is -0.980. The second-order valence-electron chi connectivity index (χ2n) is 11.3. The smallest absolute Gasteiger partial charge is 0.408 e. The van der Waals surface area contributed by atoms with E-state index < -0.39 is 29.7 Å². The first-order valence-corrected chi connectivity index (χ1v) is 15.0. The van der Waals surface area contributed by atoms with Crippen molar-refractivity contribution in [2.24, 2.45) is 0 Å². The van der Waals surface area contributed by atoms with Gasteiger partial charge in [-0.25, -0.2) is 4.79 Å². The highest BCUT2D eigenvalue weighted by Gasteiger charge is 2.36. The van der Waals surface area contributed by atoms with E-state index in [2.05, 4.69) is 30.2 Å². The lowest BCUT2D eigenvalue weighted by Crippen LogP contribution is -2.53. The van der Waals surface area contributed by atoms with Crippen LogP contribution in [0.4, 0.5) is 10.5 Å². The molecule has 0 radical (unpaired) electrons. The lowest BCUT2D eigenvalue weighted by atomic mass is 9.98. The number of hydrogen-bond acceptors (Lipinski definition) is 6. The molecule has 0 saturated heterocycles. The lowest BCUT2D eigenvalue weighted by Gasteiger charge is -2.34. The third kappa shape index (κ3) is 10.9. The van der Waals surface area contributed by atoms with E-state index in [-0.39, 0.29) is 11.7 Å². The van der Waals surface area contributed by atoms with E-state index in [4.69, 9.17) is 9.47 Å². The van der Waals surface area contributed by atoms with Crippen molar-refractivity contribution in [2.45, 2.75) is 91.3 Å². The van der Waals surface area contributed by atoms with Gasteiger partial charge in [-0.15, -0.1) is 0 Å².